The van der Waals surface area contributed by atoms with Crippen molar-refractivity contribution in [3.63, 3.8) is 0 Å². The van der Waals surface area contributed by atoms with E-state index in [0.717, 1.165) is 6.42 Å². The van der Waals surface area contributed by atoms with Crippen molar-refractivity contribution in [2.75, 3.05) is 0 Å². The monoisotopic (exact) mass is 684 g/mol. The number of allylic oxidation sites excluding steroid dienone is 4. The molecule has 5 aromatic rings. The van der Waals surface area contributed by atoms with Crippen molar-refractivity contribution in [3.8, 4) is 11.1 Å². The molecule has 9 rings (SSSR count). The highest BCUT2D eigenvalue weighted by Gasteiger charge is 2.50. The Labute approximate surface area is 271 Å². The van der Waals surface area contributed by atoms with E-state index >= 15 is 0 Å². The van der Waals surface area contributed by atoms with Gasteiger partial charge in [0, 0.05) is 31.1 Å². The second-order valence-corrected chi connectivity index (χ2v) is 16.5. The van der Waals surface area contributed by atoms with Gasteiger partial charge in [-0.15, -0.1) is 0 Å². The third kappa shape index (κ3) is 3.12. The molecule has 0 nitrogen and oxygen atoms in total. The summed E-state index contributed by atoms with van der Waals surface area (Å²) in [5.41, 5.74) is 16.2. The molecule has 0 amide bonds. The molecule has 0 aliphatic heterocycles. The lowest BCUT2D eigenvalue weighted by Gasteiger charge is -2.32. The summed E-state index contributed by atoms with van der Waals surface area (Å²) >= 11 is 7.84. The maximum atomic E-state index is 3.93. The molecule has 0 aromatic heterocycles. The number of halogens is 2. The minimum absolute atomic E-state index is 0.0184. The van der Waals surface area contributed by atoms with E-state index in [0.29, 0.717) is 5.92 Å². The van der Waals surface area contributed by atoms with Crippen molar-refractivity contribution in [3.05, 3.63) is 132 Å². The first-order valence-electron chi connectivity index (χ1n) is 15.5. The molecule has 0 N–H and O–H groups in total. The van der Waals surface area contributed by atoms with Crippen LogP contribution in [0.5, 0.6) is 0 Å². The molecule has 43 heavy (non-hydrogen) atoms. The summed E-state index contributed by atoms with van der Waals surface area (Å²) in [6.07, 6.45) is 3.71. The van der Waals surface area contributed by atoms with Crippen LogP contribution in [-0.2, 0) is 16.2 Å². The van der Waals surface area contributed by atoms with Gasteiger partial charge in [0.2, 0.25) is 0 Å². The Balaban J connectivity index is 1.27. The Morgan fingerprint density at radius 2 is 1.14 bits per heavy atom. The van der Waals surface area contributed by atoms with Gasteiger partial charge in [-0.3, -0.25) is 0 Å². The predicted molar refractivity (Wildman–Crippen MR) is 189 cm³/mol. The topological polar surface area (TPSA) is 0 Å². The fourth-order valence-electron chi connectivity index (χ4n) is 9.36. The largest absolute Gasteiger partial charge is 0.0616 e. The molecular formula is C41H34Br2. The lowest BCUT2D eigenvalue weighted by molar-refractivity contribution is 0.561. The van der Waals surface area contributed by atoms with E-state index in [-0.39, 0.29) is 16.2 Å². The first-order chi connectivity index (χ1) is 20.4. The molecule has 0 saturated heterocycles. The summed E-state index contributed by atoms with van der Waals surface area (Å²) in [4.78, 5) is 0. The highest BCUT2D eigenvalue weighted by Crippen LogP contribution is 2.64. The van der Waals surface area contributed by atoms with Crippen LogP contribution in [0.3, 0.4) is 0 Å². The highest BCUT2D eigenvalue weighted by atomic mass is 79.9. The SMILES string of the molecule is CC1(C)C2=C(C=C3C(C2)c2c(cc(Br)c4ccccc24)C3(C)C)c2cc3c(cc21)-c1c(cc(Br)c2ccccc12)C3(C)C. The van der Waals surface area contributed by atoms with Crippen LogP contribution < -0.4 is 0 Å². The molecule has 2 heteroatoms. The molecule has 0 fully saturated rings. The van der Waals surface area contributed by atoms with Crippen LogP contribution in [-0.4, -0.2) is 0 Å². The molecule has 212 valence electrons. The number of benzene rings is 5. The zero-order valence-corrected chi connectivity index (χ0v) is 28.7. The van der Waals surface area contributed by atoms with Crippen molar-refractivity contribution >= 4 is 59.0 Å². The molecular weight excluding hydrogens is 652 g/mol. The van der Waals surface area contributed by atoms with Gasteiger partial charge in [-0.2, -0.15) is 0 Å². The van der Waals surface area contributed by atoms with Gasteiger partial charge in [-0.25, -0.2) is 0 Å². The van der Waals surface area contributed by atoms with Gasteiger partial charge in [-0.1, -0.05) is 139 Å². The summed E-state index contributed by atoms with van der Waals surface area (Å²) in [5.74, 6) is 0.417. The molecule has 1 atom stereocenters. The van der Waals surface area contributed by atoms with E-state index in [4.69, 9.17) is 0 Å². The fourth-order valence-corrected chi connectivity index (χ4v) is 10.5. The Morgan fingerprint density at radius 3 is 1.84 bits per heavy atom. The van der Waals surface area contributed by atoms with Gasteiger partial charge in [-0.05, 0) is 102 Å². The summed E-state index contributed by atoms with van der Waals surface area (Å²) in [5, 5.41) is 5.36. The van der Waals surface area contributed by atoms with Crippen LogP contribution in [0.15, 0.2) is 99.0 Å². The van der Waals surface area contributed by atoms with Crippen molar-refractivity contribution in [2.45, 2.75) is 70.1 Å². The zero-order valence-electron chi connectivity index (χ0n) is 25.5. The van der Waals surface area contributed by atoms with Gasteiger partial charge < -0.3 is 0 Å². The summed E-state index contributed by atoms with van der Waals surface area (Å²) < 4.78 is 2.39. The van der Waals surface area contributed by atoms with Crippen molar-refractivity contribution in [1.29, 1.82) is 0 Å². The van der Waals surface area contributed by atoms with Gasteiger partial charge in [0.1, 0.15) is 0 Å². The quantitative estimate of drug-likeness (QED) is 0.152. The Morgan fingerprint density at radius 1 is 0.581 bits per heavy atom. The average Bonchev–Trinajstić information content (AvgIpc) is 3.44. The Hall–Kier alpha value is -2.94. The van der Waals surface area contributed by atoms with Crippen LogP contribution in [0.25, 0.3) is 38.2 Å². The van der Waals surface area contributed by atoms with Crippen LogP contribution in [0.2, 0.25) is 0 Å². The van der Waals surface area contributed by atoms with E-state index in [1.54, 1.807) is 16.7 Å². The molecule has 0 saturated carbocycles. The number of fused-ring (bicyclic) bond motifs is 12. The maximum Gasteiger partial charge on any atom is 0.0257 e. The molecule has 0 bridgehead atoms. The number of rotatable bonds is 0. The van der Waals surface area contributed by atoms with Crippen LogP contribution in [0.1, 0.15) is 87.3 Å². The Bertz CT molecular complexity index is 2200. The van der Waals surface area contributed by atoms with Crippen molar-refractivity contribution < 1.29 is 0 Å². The maximum absolute atomic E-state index is 3.93. The zero-order chi connectivity index (χ0) is 29.8. The standard InChI is InChI=1S/C41H34Br2/c1-39(2)29-17-27-31(40(3,4)33-19-35(42)21-11-7-9-13-23(21)37(27)33)15-25(29)26-16-32-28(18-30(26)39)38-24-14-10-8-12-22(24)36(43)20-34(38)41(32,5)6/h7-17,19-20,28H,18H2,1-6H3. The number of hydrogen-bond donors (Lipinski definition) is 0. The molecule has 4 aliphatic carbocycles. The molecule has 4 aliphatic rings. The fraction of sp³-hybridized carbons (Fsp3) is 0.268. The third-order valence-corrected chi connectivity index (χ3v) is 13.0. The first kappa shape index (κ1) is 26.5. The predicted octanol–water partition coefficient (Wildman–Crippen LogP) is 12.3. The first-order valence-corrected chi connectivity index (χ1v) is 17.1. The van der Waals surface area contributed by atoms with Crippen molar-refractivity contribution in [1.82, 2.24) is 0 Å². The van der Waals surface area contributed by atoms with Gasteiger partial charge in [0.05, 0.1) is 0 Å². The summed E-state index contributed by atoms with van der Waals surface area (Å²) in [6, 6.07) is 27.8. The second kappa shape index (κ2) is 8.20. The van der Waals surface area contributed by atoms with E-state index in [1.165, 1.54) is 75.0 Å². The normalized spacial score (nSPS) is 21.3. The molecule has 0 radical (unpaired) electrons. The van der Waals surface area contributed by atoms with E-state index in [1.807, 2.05) is 0 Å². The Kier molecular flexibility index (Phi) is 5.05. The summed E-state index contributed by atoms with van der Waals surface area (Å²) in [7, 11) is 0. The smallest absolute Gasteiger partial charge is 0.0257 e. The van der Waals surface area contributed by atoms with E-state index in [2.05, 4.69) is 152 Å². The lowest BCUT2D eigenvalue weighted by atomic mass is 9.71. The van der Waals surface area contributed by atoms with Gasteiger partial charge in [0.25, 0.3) is 0 Å². The summed E-state index contributed by atoms with van der Waals surface area (Å²) in [6.45, 7) is 14.7. The molecule has 1 unspecified atom stereocenters. The van der Waals surface area contributed by atoms with Gasteiger partial charge >= 0.3 is 0 Å². The van der Waals surface area contributed by atoms with E-state index < -0.39 is 0 Å². The average molecular weight is 687 g/mol. The van der Waals surface area contributed by atoms with Crippen LogP contribution >= 0.6 is 31.9 Å². The second-order valence-electron chi connectivity index (χ2n) is 14.8. The minimum atomic E-state index is -0.0713. The van der Waals surface area contributed by atoms with Crippen LogP contribution in [0, 0.1) is 0 Å². The lowest BCUT2D eigenvalue weighted by Crippen LogP contribution is -2.22. The molecule has 0 spiro atoms. The van der Waals surface area contributed by atoms with E-state index in [9.17, 15) is 0 Å². The number of hydrogen-bond acceptors (Lipinski definition) is 0. The van der Waals surface area contributed by atoms with Crippen LogP contribution in [0.4, 0.5) is 0 Å². The molecule has 5 aromatic carbocycles. The minimum Gasteiger partial charge on any atom is -0.0616 e. The highest BCUT2D eigenvalue weighted by molar-refractivity contribution is 9.11. The van der Waals surface area contributed by atoms with Gasteiger partial charge in [0.15, 0.2) is 0 Å². The third-order valence-electron chi connectivity index (χ3n) is 11.7. The van der Waals surface area contributed by atoms with Crippen molar-refractivity contribution in [2.24, 2.45) is 0 Å². The molecule has 0 heterocycles.